The largest absolute Gasteiger partial charge is 0.351 e. The van der Waals surface area contributed by atoms with E-state index >= 15 is 0 Å². The van der Waals surface area contributed by atoms with Crippen LogP contribution in [-0.2, 0) is 5.41 Å². The normalized spacial score (nSPS) is 21.1. The fourth-order valence-electron chi connectivity index (χ4n) is 2.43. The molecule has 3 heteroatoms. The van der Waals surface area contributed by atoms with Gasteiger partial charge in [-0.1, -0.05) is 33.8 Å². The average Bonchev–Trinajstić information content (AvgIpc) is 2.38. The fraction of sp³-hybridized carbons (Fsp3) is 0.667. The molecule has 2 rings (SSSR count). The Labute approximate surface area is 111 Å². The second-order valence-electron chi connectivity index (χ2n) is 6.11. The molecule has 1 aliphatic heterocycles. The molecule has 1 aromatic rings. The summed E-state index contributed by atoms with van der Waals surface area (Å²) in [4.78, 5) is 7.10. The summed E-state index contributed by atoms with van der Waals surface area (Å²) in [6, 6.07) is 4.97. The molecular weight excluding hydrogens is 222 g/mol. The number of rotatable bonds is 2. The van der Waals surface area contributed by atoms with Gasteiger partial charge in [0.25, 0.3) is 0 Å². The quantitative estimate of drug-likeness (QED) is 0.870. The van der Waals surface area contributed by atoms with E-state index in [1.54, 1.807) is 0 Å². The monoisotopic (exact) mass is 247 g/mol. The molecule has 1 atom stereocenters. The van der Waals surface area contributed by atoms with E-state index < -0.39 is 0 Å². The number of piperazine rings is 1. The van der Waals surface area contributed by atoms with E-state index in [1.165, 1.54) is 5.56 Å². The standard InChI is InChI=1S/C15H25N3/c1-5-13-11-16-8-9-18(13)14-7-6-12(10-17-14)15(2,3)4/h6-7,10,13,16H,5,8-9,11H2,1-4H3. The predicted octanol–water partition coefficient (Wildman–Crippen LogP) is 2.57. The highest BCUT2D eigenvalue weighted by molar-refractivity contribution is 5.42. The topological polar surface area (TPSA) is 28.2 Å². The van der Waals surface area contributed by atoms with Gasteiger partial charge in [-0.3, -0.25) is 0 Å². The third kappa shape index (κ3) is 2.83. The zero-order valence-electron chi connectivity index (χ0n) is 12.0. The van der Waals surface area contributed by atoms with E-state index in [0.29, 0.717) is 6.04 Å². The molecule has 1 aromatic heterocycles. The summed E-state index contributed by atoms with van der Waals surface area (Å²) in [5, 5.41) is 3.45. The Morgan fingerprint density at radius 1 is 1.39 bits per heavy atom. The predicted molar refractivity (Wildman–Crippen MR) is 77.2 cm³/mol. The van der Waals surface area contributed by atoms with Gasteiger partial charge in [-0.15, -0.1) is 0 Å². The molecule has 0 saturated carbocycles. The lowest BCUT2D eigenvalue weighted by Crippen LogP contribution is -2.51. The van der Waals surface area contributed by atoms with Gasteiger partial charge in [0.15, 0.2) is 0 Å². The minimum absolute atomic E-state index is 0.180. The molecule has 100 valence electrons. The Bertz CT molecular complexity index is 378. The lowest BCUT2D eigenvalue weighted by Gasteiger charge is -2.36. The van der Waals surface area contributed by atoms with Crippen LogP contribution in [0.1, 0.15) is 39.7 Å². The van der Waals surface area contributed by atoms with Crippen molar-refractivity contribution in [3.8, 4) is 0 Å². The Morgan fingerprint density at radius 2 is 2.17 bits per heavy atom. The van der Waals surface area contributed by atoms with Gasteiger partial charge in [0.2, 0.25) is 0 Å². The van der Waals surface area contributed by atoms with Crippen molar-refractivity contribution < 1.29 is 0 Å². The number of nitrogens with one attached hydrogen (secondary N) is 1. The Hall–Kier alpha value is -1.09. The van der Waals surface area contributed by atoms with Crippen molar-refractivity contribution >= 4 is 5.82 Å². The third-order valence-corrected chi connectivity index (χ3v) is 3.73. The lowest BCUT2D eigenvalue weighted by molar-refractivity contribution is 0.463. The van der Waals surface area contributed by atoms with Gasteiger partial charge < -0.3 is 10.2 Å². The van der Waals surface area contributed by atoms with Crippen LogP contribution in [0.15, 0.2) is 18.3 Å². The molecule has 3 nitrogen and oxygen atoms in total. The second-order valence-corrected chi connectivity index (χ2v) is 6.11. The maximum Gasteiger partial charge on any atom is 0.128 e. The number of pyridine rings is 1. The van der Waals surface area contributed by atoms with E-state index in [-0.39, 0.29) is 5.41 Å². The summed E-state index contributed by atoms with van der Waals surface area (Å²) in [5.74, 6) is 1.12. The maximum absolute atomic E-state index is 4.67. The summed E-state index contributed by atoms with van der Waals surface area (Å²) in [6.07, 6.45) is 3.19. The number of nitrogens with zero attached hydrogens (tertiary/aromatic N) is 2. The minimum atomic E-state index is 0.180. The van der Waals surface area contributed by atoms with Gasteiger partial charge in [0, 0.05) is 31.9 Å². The van der Waals surface area contributed by atoms with Crippen LogP contribution in [0.5, 0.6) is 0 Å². The molecule has 1 unspecified atom stereocenters. The van der Waals surface area contributed by atoms with Crippen molar-refractivity contribution in [1.82, 2.24) is 10.3 Å². The van der Waals surface area contributed by atoms with E-state index in [4.69, 9.17) is 0 Å². The smallest absolute Gasteiger partial charge is 0.128 e. The van der Waals surface area contributed by atoms with E-state index in [9.17, 15) is 0 Å². The maximum atomic E-state index is 4.67. The summed E-state index contributed by atoms with van der Waals surface area (Å²) in [5.41, 5.74) is 1.48. The van der Waals surface area contributed by atoms with Gasteiger partial charge >= 0.3 is 0 Å². The zero-order valence-corrected chi connectivity index (χ0v) is 12.0. The molecule has 1 aliphatic rings. The van der Waals surface area contributed by atoms with Crippen molar-refractivity contribution in [2.45, 2.75) is 45.6 Å². The second kappa shape index (κ2) is 5.27. The van der Waals surface area contributed by atoms with E-state index in [2.05, 4.69) is 55.0 Å². The minimum Gasteiger partial charge on any atom is -0.351 e. The van der Waals surface area contributed by atoms with Gasteiger partial charge in [0.1, 0.15) is 5.82 Å². The van der Waals surface area contributed by atoms with E-state index in [1.807, 2.05) is 6.20 Å². The van der Waals surface area contributed by atoms with Gasteiger partial charge in [-0.2, -0.15) is 0 Å². The molecule has 2 heterocycles. The van der Waals surface area contributed by atoms with Crippen molar-refractivity contribution in [2.24, 2.45) is 0 Å². The van der Waals surface area contributed by atoms with Crippen molar-refractivity contribution in [3.63, 3.8) is 0 Å². The molecule has 0 amide bonds. The molecule has 0 aromatic carbocycles. The fourth-order valence-corrected chi connectivity index (χ4v) is 2.43. The Kier molecular flexibility index (Phi) is 3.91. The molecule has 0 spiro atoms. The summed E-state index contributed by atoms with van der Waals surface area (Å²) in [6.45, 7) is 12.1. The van der Waals surface area contributed by atoms with Crippen LogP contribution in [-0.4, -0.2) is 30.7 Å². The number of anilines is 1. The molecule has 0 aliphatic carbocycles. The SMILES string of the molecule is CCC1CNCCN1c1ccc(C(C)(C)C)cn1. The van der Waals surface area contributed by atoms with Crippen LogP contribution in [0.3, 0.4) is 0 Å². The van der Waals surface area contributed by atoms with Crippen LogP contribution in [0.2, 0.25) is 0 Å². The molecule has 18 heavy (non-hydrogen) atoms. The molecule has 0 bridgehead atoms. The van der Waals surface area contributed by atoms with Crippen LogP contribution >= 0.6 is 0 Å². The first-order valence-corrected chi connectivity index (χ1v) is 6.96. The van der Waals surface area contributed by atoms with Crippen LogP contribution in [0.25, 0.3) is 0 Å². The Morgan fingerprint density at radius 3 is 2.72 bits per heavy atom. The molecule has 0 radical (unpaired) electrons. The highest BCUT2D eigenvalue weighted by Crippen LogP contribution is 2.24. The van der Waals surface area contributed by atoms with Gasteiger partial charge in [-0.05, 0) is 23.5 Å². The van der Waals surface area contributed by atoms with Crippen molar-refractivity contribution in [2.75, 3.05) is 24.5 Å². The highest BCUT2D eigenvalue weighted by Gasteiger charge is 2.22. The first-order valence-electron chi connectivity index (χ1n) is 6.96. The van der Waals surface area contributed by atoms with Crippen molar-refractivity contribution in [1.29, 1.82) is 0 Å². The Balaban J connectivity index is 2.18. The number of hydrogen-bond donors (Lipinski definition) is 1. The van der Waals surface area contributed by atoms with Crippen LogP contribution in [0, 0.1) is 0 Å². The number of aromatic nitrogens is 1. The van der Waals surface area contributed by atoms with E-state index in [0.717, 1.165) is 31.9 Å². The molecule has 1 fully saturated rings. The highest BCUT2D eigenvalue weighted by atomic mass is 15.3. The molecule has 1 saturated heterocycles. The van der Waals surface area contributed by atoms with Crippen LogP contribution < -0.4 is 10.2 Å². The summed E-state index contributed by atoms with van der Waals surface area (Å²) in [7, 11) is 0. The van der Waals surface area contributed by atoms with Crippen LogP contribution in [0.4, 0.5) is 5.82 Å². The van der Waals surface area contributed by atoms with Crippen molar-refractivity contribution in [3.05, 3.63) is 23.9 Å². The third-order valence-electron chi connectivity index (χ3n) is 3.73. The number of hydrogen-bond acceptors (Lipinski definition) is 3. The first kappa shape index (κ1) is 13.3. The first-order chi connectivity index (χ1) is 8.52. The van der Waals surface area contributed by atoms with Gasteiger partial charge in [-0.25, -0.2) is 4.98 Å². The van der Waals surface area contributed by atoms with Gasteiger partial charge in [0.05, 0.1) is 0 Å². The lowest BCUT2D eigenvalue weighted by atomic mass is 9.88. The molecular formula is C15H25N3. The average molecular weight is 247 g/mol. The summed E-state index contributed by atoms with van der Waals surface area (Å²) < 4.78 is 0. The zero-order chi connectivity index (χ0) is 13.2. The molecule has 1 N–H and O–H groups in total. The summed E-state index contributed by atoms with van der Waals surface area (Å²) >= 11 is 0.